The van der Waals surface area contributed by atoms with Gasteiger partial charge in [-0.1, -0.05) is 0 Å². The van der Waals surface area contributed by atoms with E-state index in [4.69, 9.17) is 0 Å². The molecule has 0 N–H and O–H groups in total. The average molecular weight is 304 g/mol. The minimum atomic E-state index is -4.13. The molecule has 0 radical (unpaired) electrons. The molecule has 120 valence electrons. The number of alkyl halides is 3. The summed E-state index contributed by atoms with van der Waals surface area (Å²) in [6.45, 7) is 8.25. The predicted molar refractivity (Wildman–Crippen MR) is 74.9 cm³/mol. The SMILES string of the molecule is CCn1nccc1CN1CCN(CC(F)(F)F)CC1(C)C. The fourth-order valence-electron chi connectivity index (χ4n) is 2.95. The first-order valence-electron chi connectivity index (χ1n) is 7.26. The first-order valence-corrected chi connectivity index (χ1v) is 7.26. The Morgan fingerprint density at radius 1 is 1.29 bits per heavy atom. The van der Waals surface area contributed by atoms with Crippen molar-refractivity contribution in [3.63, 3.8) is 0 Å². The van der Waals surface area contributed by atoms with E-state index in [0.717, 1.165) is 18.8 Å². The number of aryl methyl sites for hydroxylation is 1. The van der Waals surface area contributed by atoms with Crippen molar-refractivity contribution in [1.29, 1.82) is 0 Å². The third-order valence-electron chi connectivity index (χ3n) is 4.01. The fourth-order valence-corrected chi connectivity index (χ4v) is 2.95. The molecular formula is C14H23F3N4. The zero-order chi connectivity index (χ0) is 15.7. The second-order valence-corrected chi connectivity index (χ2v) is 6.20. The van der Waals surface area contributed by atoms with Crippen molar-refractivity contribution in [3.05, 3.63) is 18.0 Å². The third-order valence-corrected chi connectivity index (χ3v) is 4.01. The van der Waals surface area contributed by atoms with Gasteiger partial charge in [0.1, 0.15) is 0 Å². The minimum Gasteiger partial charge on any atom is -0.292 e. The van der Waals surface area contributed by atoms with E-state index >= 15 is 0 Å². The van der Waals surface area contributed by atoms with Crippen molar-refractivity contribution in [2.45, 2.75) is 45.6 Å². The zero-order valence-electron chi connectivity index (χ0n) is 12.8. The van der Waals surface area contributed by atoms with Crippen LogP contribution in [0.1, 0.15) is 26.5 Å². The van der Waals surface area contributed by atoms with Crippen LogP contribution in [-0.4, -0.2) is 57.5 Å². The van der Waals surface area contributed by atoms with Gasteiger partial charge in [-0.3, -0.25) is 14.5 Å². The highest BCUT2D eigenvalue weighted by atomic mass is 19.4. The normalized spacial score (nSPS) is 20.9. The van der Waals surface area contributed by atoms with E-state index in [1.54, 1.807) is 6.20 Å². The fraction of sp³-hybridized carbons (Fsp3) is 0.786. The highest BCUT2D eigenvalue weighted by Crippen LogP contribution is 2.26. The van der Waals surface area contributed by atoms with E-state index in [-0.39, 0.29) is 5.54 Å². The topological polar surface area (TPSA) is 24.3 Å². The van der Waals surface area contributed by atoms with Crippen LogP contribution in [0.15, 0.2) is 12.3 Å². The minimum absolute atomic E-state index is 0.285. The van der Waals surface area contributed by atoms with Crippen LogP contribution in [0.3, 0.4) is 0 Å². The number of hydrogen-bond acceptors (Lipinski definition) is 3. The molecule has 0 unspecified atom stereocenters. The second-order valence-electron chi connectivity index (χ2n) is 6.20. The highest BCUT2D eigenvalue weighted by molar-refractivity contribution is 5.03. The van der Waals surface area contributed by atoms with Crippen LogP contribution in [0.4, 0.5) is 13.2 Å². The first kappa shape index (κ1) is 16.3. The van der Waals surface area contributed by atoms with E-state index in [2.05, 4.69) is 10.00 Å². The Morgan fingerprint density at radius 2 is 2.00 bits per heavy atom. The number of nitrogens with zero attached hydrogens (tertiary/aromatic N) is 4. The van der Waals surface area contributed by atoms with Crippen LogP contribution >= 0.6 is 0 Å². The van der Waals surface area contributed by atoms with Gasteiger partial charge < -0.3 is 0 Å². The Hall–Kier alpha value is -1.08. The zero-order valence-corrected chi connectivity index (χ0v) is 12.8. The number of rotatable bonds is 4. The van der Waals surface area contributed by atoms with Gasteiger partial charge in [0.25, 0.3) is 0 Å². The molecule has 2 heterocycles. The molecule has 0 amide bonds. The molecule has 21 heavy (non-hydrogen) atoms. The molecule has 7 heteroatoms. The summed E-state index contributed by atoms with van der Waals surface area (Å²) in [6, 6.07) is 1.97. The maximum Gasteiger partial charge on any atom is 0.401 e. The average Bonchev–Trinajstić information content (AvgIpc) is 2.77. The van der Waals surface area contributed by atoms with Crippen LogP contribution in [0, 0.1) is 0 Å². The third kappa shape index (κ3) is 4.20. The molecule has 1 saturated heterocycles. The lowest BCUT2D eigenvalue weighted by Gasteiger charge is -2.47. The first-order chi connectivity index (χ1) is 9.71. The number of hydrogen-bond donors (Lipinski definition) is 0. The maximum atomic E-state index is 12.5. The van der Waals surface area contributed by atoms with Gasteiger partial charge >= 0.3 is 6.18 Å². The summed E-state index contributed by atoms with van der Waals surface area (Å²) in [5, 5.41) is 4.24. The van der Waals surface area contributed by atoms with Gasteiger partial charge in [0.15, 0.2) is 0 Å². The predicted octanol–water partition coefficient (Wildman–Crippen LogP) is 2.36. The molecule has 0 spiro atoms. The summed E-state index contributed by atoms with van der Waals surface area (Å²) in [6.07, 6.45) is -2.36. The molecule has 0 saturated carbocycles. The van der Waals surface area contributed by atoms with Gasteiger partial charge in [-0.2, -0.15) is 18.3 Å². The monoisotopic (exact) mass is 304 g/mol. The number of aromatic nitrogens is 2. The molecule has 1 aromatic heterocycles. The summed E-state index contributed by atoms with van der Waals surface area (Å²) >= 11 is 0. The Balaban J connectivity index is 2.00. The highest BCUT2D eigenvalue weighted by Gasteiger charge is 2.38. The van der Waals surface area contributed by atoms with Crippen LogP contribution in [0.2, 0.25) is 0 Å². The molecule has 1 aromatic rings. The van der Waals surface area contributed by atoms with Crippen molar-refractivity contribution in [3.8, 4) is 0 Å². The standard InChI is InChI=1S/C14H23F3N4/c1-4-21-12(5-6-18-21)9-20-8-7-19(10-13(20,2)3)11-14(15,16)17/h5-6H,4,7-11H2,1-3H3. The summed E-state index contributed by atoms with van der Waals surface area (Å²) in [5.74, 6) is 0. The molecule has 4 nitrogen and oxygen atoms in total. The van der Waals surface area contributed by atoms with Crippen molar-refractivity contribution >= 4 is 0 Å². The number of halogens is 3. The number of piperazine rings is 1. The Kier molecular flexibility index (Phi) is 4.63. The van der Waals surface area contributed by atoms with Gasteiger partial charge in [-0.05, 0) is 26.8 Å². The van der Waals surface area contributed by atoms with E-state index in [9.17, 15) is 13.2 Å². The van der Waals surface area contributed by atoms with Crippen LogP contribution < -0.4 is 0 Å². The lowest BCUT2D eigenvalue weighted by Crippen LogP contribution is -2.60. The summed E-state index contributed by atoms with van der Waals surface area (Å²) < 4.78 is 39.5. The van der Waals surface area contributed by atoms with E-state index in [1.807, 2.05) is 31.5 Å². The lowest BCUT2D eigenvalue weighted by molar-refractivity contribution is -0.155. The van der Waals surface area contributed by atoms with Gasteiger partial charge in [-0.15, -0.1) is 0 Å². The van der Waals surface area contributed by atoms with Gasteiger partial charge in [-0.25, -0.2) is 0 Å². The van der Waals surface area contributed by atoms with Crippen molar-refractivity contribution in [1.82, 2.24) is 19.6 Å². The summed E-state index contributed by atoms with van der Waals surface area (Å²) in [4.78, 5) is 3.73. The largest absolute Gasteiger partial charge is 0.401 e. The molecule has 0 bridgehead atoms. The summed E-state index contributed by atoms with van der Waals surface area (Å²) in [7, 11) is 0. The molecule has 1 aliphatic rings. The summed E-state index contributed by atoms with van der Waals surface area (Å²) in [5.41, 5.74) is 0.821. The van der Waals surface area contributed by atoms with Gasteiger partial charge in [0, 0.05) is 44.5 Å². The van der Waals surface area contributed by atoms with E-state index < -0.39 is 12.7 Å². The van der Waals surface area contributed by atoms with Gasteiger partial charge in [0.2, 0.25) is 0 Å². The Morgan fingerprint density at radius 3 is 2.57 bits per heavy atom. The molecule has 2 rings (SSSR count). The molecule has 0 aromatic carbocycles. The smallest absolute Gasteiger partial charge is 0.292 e. The Bertz CT molecular complexity index is 467. The van der Waals surface area contributed by atoms with Crippen LogP contribution in [0.5, 0.6) is 0 Å². The molecular weight excluding hydrogens is 281 g/mol. The second kappa shape index (κ2) is 5.96. The molecule has 1 fully saturated rings. The van der Waals surface area contributed by atoms with E-state index in [1.165, 1.54) is 4.90 Å². The Labute approximate surface area is 123 Å². The van der Waals surface area contributed by atoms with Crippen molar-refractivity contribution in [2.75, 3.05) is 26.2 Å². The molecule has 0 aliphatic carbocycles. The van der Waals surface area contributed by atoms with Crippen LogP contribution in [0.25, 0.3) is 0 Å². The lowest BCUT2D eigenvalue weighted by atomic mass is 9.98. The van der Waals surface area contributed by atoms with Crippen LogP contribution in [-0.2, 0) is 13.1 Å². The quantitative estimate of drug-likeness (QED) is 0.853. The van der Waals surface area contributed by atoms with Crippen molar-refractivity contribution in [2.24, 2.45) is 0 Å². The van der Waals surface area contributed by atoms with E-state index in [0.29, 0.717) is 19.6 Å². The van der Waals surface area contributed by atoms with Crippen molar-refractivity contribution < 1.29 is 13.2 Å². The maximum absolute atomic E-state index is 12.5. The molecule has 1 aliphatic heterocycles. The van der Waals surface area contributed by atoms with Gasteiger partial charge in [0.05, 0.1) is 12.2 Å². The molecule has 0 atom stereocenters.